The van der Waals surface area contributed by atoms with Crippen LogP contribution in [0.2, 0.25) is 0 Å². The number of amides is 2. The second-order valence-corrected chi connectivity index (χ2v) is 10.6. The van der Waals surface area contributed by atoms with Crippen LogP contribution in [-0.2, 0) is 4.74 Å². The van der Waals surface area contributed by atoms with E-state index in [9.17, 15) is 28.2 Å². The molecule has 3 aliphatic rings. The predicted molar refractivity (Wildman–Crippen MR) is 141 cm³/mol. The first-order valence-corrected chi connectivity index (χ1v) is 13.3. The highest BCUT2D eigenvalue weighted by molar-refractivity contribution is 5.91. The van der Waals surface area contributed by atoms with Crippen LogP contribution in [0.1, 0.15) is 18.4 Å². The molecule has 0 radical (unpaired) electrons. The van der Waals surface area contributed by atoms with Gasteiger partial charge in [0, 0.05) is 51.4 Å². The van der Waals surface area contributed by atoms with Crippen LogP contribution < -0.4 is 15.1 Å². The van der Waals surface area contributed by atoms with Crippen LogP contribution >= 0.6 is 0 Å². The fraction of sp³-hybridized carbons (Fsp3) is 0.556. The highest BCUT2D eigenvalue weighted by atomic mass is 19.4. The van der Waals surface area contributed by atoms with Crippen molar-refractivity contribution in [3.63, 3.8) is 0 Å². The number of hydrogen-bond donors (Lipinski definition) is 3. The summed E-state index contributed by atoms with van der Waals surface area (Å²) in [4.78, 5) is 23.1. The number of ether oxygens (including phenoxy) is 1. The van der Waals surface area contributed by atoms with Gasteiger partial charge in [-0.2, -0.15) is 13.2 Å². The summed E-state index contributed by atoms with van der Waals surface area (Å²) < 4.78 is 43.8. The van der Waals surface area contributed by atoms with Gasteiger partial charge in [0.2, 0.25) is 0 Å². The topological polar surface area (TPSA) is 101 Å². The van der Waals surface area contributed by atoms with Gasteiger partial charge in [-0.25, -0.2) is 9.78 Å². The Labute approximate surface area is 225 Å². The standard InChI is InChI=1S/C27H34F3N5O4/c1-17-2-3-20(31-26(38)34-5-4-18(14-34)13-27(28,29)30)12-21(17)19-10-24(33-6-8-39-9-7-33)32-25(11-19)35-15-22(36)23(37)16-35/h2-3,10-12,18,22-23,36-37H,4-9,13-16H2,1H3,(H,31,38)/t18?,22-,23-/m0/s1. The van der Waals surface area contributed by atoms with Crippen molar-refractivity contribution in [2.24, 2.45) is 5.92 Å². The minimum absolute atomic E-state index is 0.0776. The van der Waals surface area contributed by atoms with Crippen molar-refractivity contribution in [3.8, 4) is 11.1 Å². The number of nitrogens with one attached hydrogen (secondary N) is 1. The quantitative estimate of drug-likeness (QED) is 0.527. The zero-order chi connectivity index (χ0) is 27.7. The van der Waals surface area contributed by atoms with Crippen LogP contribution in [0.15, 0.2) is 30.3 Å². The number of β-amino-alcohol motifs (C(OH)–C–C–N with tert-alkyl or cyclic N) is 2. The van der Waals surface area contributed by atoms with E-state index in [0.29, 0.717) is 44.2 Å². The van der Waals surface area contributed by atoms with Crippen molar-refractivity contribution < 1.29 is 32.9 Å². The number of rotatable bonds is 5. The first-order valence-electron chi connectivity index (χ1n) is 13.3. The molecule has 3 saturated heterocycles. The van der Waals surface area contributed by atoms with Crippen LogP contribution in [0.4, 0.5) is 35.3 Å². The largest absolute Gasteiger partial charge is 0.389 e. The molecule has 2 amide bonds. The minimum atomic E-state index is -4.24. The lowest BCUT2D eigenvalue weighted by molar-refractivity contribution is -0.143. The summed E-state index contributed by atoms with van der Waals surface area (Å²) in [5.41, 5.74) is 3.23. The Morgan fingerprint density at radius 1 is 1.03 bits per heavy atom. The number of aliphatic hydroxyl groups excluding tert-OH is 2. The number of carbonyl (C=O) groups is 1. The van der Waals surface area contributed by atoms with E-state index in [1.807, 2.05) is 36.1 Å². The second kappa shape index (κ2) is 11.2. The molecule has 1 aromatic carbocycles. The number of aromatic nitrogens is 1. The lowest BCUT2D eigenvalue weighted by Crippen LogP contribution is -2.37. The molecule has 3 N–H and O–H groups in total. The molecular weight excluding hydrogens is 515 g/mol. The third-order valence-electron chi connectivity index (χ3n) is 7.61. The van der Waals surface area contributed by atoms with Gasteiger partial charge < -0.3 is 35.0 Å². The van der Waals surface area contributed by atoms with Gasteiger partial charge in [-0.3, -0.25) is 0 Å². The van der Waals surface area contributed by atoms with Crippen LogP contribution in [-0.4, -0.2) is 97.0 Å². The number of likely N-dealkylation sites (tertiary alicyclic amines) is 1. The van der Waals surface area contributed by atoms with Gasteiger partial charge >= 0.3 is 12.2 Å². The van der Waals surface area contributed by atoms with E-state index in [1.54, 1.807) is 6.07 Å². The molecule has 212 valence electrons. The van der Waals surface area contributed by atoms with Gasteiger partial charge in [0.25, 0.3) is 0 Å². The maximum Gasteiger partial charge on any atom is 0.389 e. The van der Waals surface area contributed by atoms with Gasteiger partial charge in [0.05, 0.1) is 25.4 Å². The monoisotopic (exact) mass is 549 g/mol. The zero-order valence-electron chi connectivity index (χ0n) is 21.8. The number of benzene rings is 1. The van der Waals surface area contributed by atoms with Gasteiger partial charge in [0.15, 0.2) is 0 Å². The average Bonchev–Trinajstić information content (AvgIpc) is 3.50. The highest BCUT2D eigenvalue weighted by Gasteiger charge is 2.36. The van der Waals surface area contributed by atoms with Crippen molar-refractivity contribution in [3.05, 3.63) is 35.9 Å². The van der Waals surface area contributed by atoms with E-state index in [-0.39, 0.29) is 26.2 Å². The second-order valence-electron chi connectivity index (χ2n) is 10.6. The molecule has 3 aliphatic heterocycles. The molecule has 0 saturated carbocycles. The molecular formula is C27H34F3N5O4. The van der Waals surface area contributed by atoms with E-state index < -0.39 is 36.8 Å². The lowest BCUT2D eigenvalue weighted by Gasteiger charge is -2.29. The lowest BCUT2D eigenvalue weighted by atomic mass is 10.00. The number of anilines is 3. The third kappa shape index (κ3) is 6.56. The fourth-order valence-electron chi connectivity index (χ4n) is 5.45. The van der Waals surface area contributed by atoms with Crippen LogP contribution in [0.3, 0.4) is 0 Å². The Kier molecular flexibility index (Phi) is 7.88. The molecule has 3 atom stereocenters. The summed E-state index contributed by atoms with van der Waals surface area (Å²) in [6, 6.07) is 8.99. The Bertz CT molecular complexity index is 1180. The summed E-state index contributed by atoms with van der Waals surface area (Å²) in [5.74, 6) is 0.801. The molecule has 9 nitrogen and oxygen atoms in total. The van der Waals surface area contributed by atoms with Crippen LogP contribution in [0.5, 0.6) is 0 Å². The molecule has 39 heavy (non-hydrogen) atoms. The molecule has 4 heterocycles. The molecule has 1 unspecified atom stereocenters. The number of urea groups is 1. The number of nitrogens with zero attached hydrogens (tertiary/aromatic N) is 4. The van der Waals surface area contributed by atoms with Gasteiger partial charge in [-0.15, -0.1) is 0 Å². The number of aryl methyl sites for hydroxylation is 1. The van der Waals surface area contributed by atoms with Gasteiger partial charge in [0.1, 0.15) is 11.6 Å². The third-order valence-corrected chi connectivity index (χ3v) is 7.61. The summed E-state index contributed by atoms with van der Waals surface area (Å²) in [5, 5.41) is 23.1. The predicted octanol–water partition coefficient (Wildman–Crippen LogP) is 3.24. The van der Waals surface area contributed by atoms with Crippen molar-refractivity contribution in [1.29, 1.82) is 0 Å². The van der Waals surface area contributed by atoms with E-state index >= 15 is 0 Å². The maximum atomic E-state index is 12.9. The highest BCUT2D eigenvalue weighted by Crippen LogP contribution is 2.34. The van der Waals surface area contributed by atoms with Crippen molar-refractivity contribution >= 4 is 23.4 Å². The summed E-state index contributed by atoms with van der Waals surface area (Å²) >= 11 is 0. The van der Waals surface area contributed by atoms with E-state index in [1.165, 1.54) is 4.90 Å². The fourth-order valence-corrected chi connectivity index (χ4v) is 5.45. The zero-order valence-corrected chi connectivity index (χ0v) is 21.8. The molecule has 0 aliphatic carbocycles. The first-order chi connectivity index (χ1) is 18.6. The minimum Gasteiger partial charge on any atom is -0.389 e. The summed E-state index contributed by atoms with van der Waals surface area (Å²) in [7, 11) is 0. The molecule has 2 aromatic rings. The van der Waals surface area contributed by atoms with Crippen LogP contribution in [0.25, 0.3) is 11.1 Å². The van der Waals surface area contributed by atoms with E-state index in [4.69, 9.17) is 9.72 Å². The number of aliphatic hydroxyl groups is 2. The smallest absolute Gasteiger partial charge is 0.389 e. The number of hydrogen-bond acceptors (Lipinski definition) is 7. The summed E-state index contributed by atoms with van der Waals surface area (Å²) in [6.07, 6.45) is -6.51. The maximum absolute atomic E-state index is 12.9. The van der Waals surface area contributed by atoms with Crippen molar-refractivity contribution in [1.82, 2.24) is 9.88 Å². The SMILES string of the molecule is Cc1ccc(NC(=O)N2CCC(CC(F)(F)F)C2)cc1-c1cc(N2CCOCC2)nc(N2C[C@H](O)[C@@H](O)C2)c1. The van der Waals surface area contributed by atoms with Gasteiger partial charge in [-0.1, -0.05) is 6.07 Å². The molecule has 1 aromatic heterocycles. The number of halogens is 3. The molecule has 12 heteroatoms. The number of morpholine rings is 1. The molecule has 0 bridgehead atoms. The Balaban J connectivity index is 1.39. The number of alkyl halides is 3. The Morgan fingerprint density at radius 2 is 1.69 bits per heavy atom. The first kappa shape index (κ1) is 27.5. The summed E-state index contributed by atoms with van der Waals surface area (Å²) in [6.45, 7) is 5.39. The van der Waals surface area contributed by atoms with Crippen LogP contribution in [0, 0.1) is 12.8 Å². The molecule has 3 fully saturated rings. The van der Waals surface area contributed by atoms with Crippen molar-refractivity contribution in [2.45, 2.75) is 38.1 Å². The number of carbonyl (C=O) groups excluding carboxylic acids is 1. The molecule has 5 rings (SSSR count). The molecule has 0 spiro atoms. The number of pyridine rings is 1. The Hall–Kier alpha value is -3.09. The van der Waals surface area contributed by atoms with E-state index in [0.717, 1.165) is 22.5 Å². The Morgan fingerprint density at radius 3 is 2.36 bits per heavy atom. The van der Waals surface area contributed by atoms with Crippen molar-refractivity contribution in [2.75, 3.05) is 67.6 Å². The van der Waals surface area contributed by atoms with Gasteiger partial charge in [-0.05, 0) is 60.2 Å². The average molecular weight is 550 g/mol. The normalized spacial score (nSPS) is 23.9. The van der Waals surface area contributed by atoms with E-state index in [2.05, 4.69) is 10.2 Å².